The quantitative estimate of drug-likeness (QED) is 0.711. The molecule has 0 fully saturated rings. The lowest BCUT2D eigenvalue weighted by atomic mass is 10.1. The van der Waals surface area contributed by atoms with Gasteiger partial charge in [-0.3, -0.25) is 0 Å². The van der Waals surface area contributed by atoms with Gasteiger partial charge in [0.1, 0.15) is 0 Å². The molecule has 5 heteroatoms. The SMILES string of the molecule is CC1Cc2ccccc2N1c1nccc(-c2ccc3c(c2)OCO3)n1. The Hall–Kier alpha value is -3.08. The first-order valence-corrected chi connectivity index (χ1v) is 8.40. The summed E-state index contributed by atoms with van der Waals surface area (Å²) in [6, 6.07) is 16.6. The first-order valence-electron chi connectivity index (χ1n) is 8.40. The standard InChI is InChI=1S/C20H17N3O2/c1-13-10-15-4-2-3-5-17(15)23(13)20-21-9-8-16(22-20)14-6-7-18-19(11-14)25-12-24-18/h2-9,11,13H,10,12H2,1H3. The zero-order valence-electron chi connectivity index (χ0n) is 13.8. The van der Waals surface area contributed by atoms with Crippen LogP contribution in [-0.2, 0) is 6.42 Å². The molecule has 1 unspecified atom stereocenters. The molecule has 2 aromatic carbocycles. The third-order valence-electron chi connectivity index (χ3n) is 4.73. The highest BCUT2D eigenvalue weighted by atomic mass is 16.7. The maximum absolute atomic E-state index is 5.48. The zero-order valence-corrected chi connectivity index (χ0v) is 13.8. The molecule has 0 radical (unpaired) electrons. The average Bonchev–Trinajstić information content (AvgIpc) is 3.24. The van der Waals surface area contributed by atoms with Crippen molar-refractivity contribution < 1.29 is 9.47 Å². The Labute approximate surface area is 145 Å². The van der Waals surface area contributed by atoms with Gasteiger partial charge < -0.3 is 14.4 Å². The fraction of sp³-hybridized carbons (Fsp3) is 0.200. The van der Waals surface area contributed by atoms with E-state index >= 15 is 0 Å². The summed E-state index contributed by atoms with van der Waals surface area (Å²) in [5.41, 5.74) is 4.40. The summed E-state index contributed by atoms with van der Waals surface area (Å²) >= 11 is 0. The molecular formula is C20H17N3O2. The maximum atomic E-state index is 5.48. The number of hydrogen-bond acceptors (Lipinski definition) is 5. The van der Waals surface area contributed by atoms with Gasteiger partial charge in [0.25, 0.3) is 0 Å². The van der Waals surface area contributed by atoms with E-state index in [1.54, 1.807) is 0 Å². The van der Waals surface area contributed by atoms with Gasteiger partial charge in [-0.1, -0.05) is 18.2 Å². The fourth-order valence-electron chi connectivity index (χ4n) is 3.55. The van der Waals surface area contributed by atoms with E-state index in [0.717, 1.165) is 35.1 Å². The van der Waals surface area contributed by atoms with Crippen molar-refractivity contribution in [3.8, 4) is 22.8 Å². The van der Waals surface area contributed by atoms with Crippen LogP contribution in [0.15, 0.2) is 54.7 Å². The van der Waals surface area contributed by atoms with Gasteiger partial charge in [-0.05, 0) is 49.2 Å². The van der Waals surface area contributed by atoms with Gasteiger partial charge in [0.15, 0.2) is 11.5 Å². The highest BCUT2D eigenvalue weighted by Crippen LogP contribution is 2.38. The molecule has 0 amide bonds. The molecule has 0 bridgehead atoms. The van der Waals surface area contributed by atoms with E-state index in [9.17, 15) is 0 Å². The third-order valence-corrected chi connectivity index (χ3v) is 4.73. The zero-order chi connectivity index (χ0) is 16.8. The van der Waals surface area contributed by atoms with Crippen LogP contribution in [0.3, 0.4) is 0 Å². The van der Waals surface area contributed by atoms with Crippen molar-refractivity contribution in [3.05, 3.63) is 60.3 Å². The second kappa shape index (κ2) is 5.48. The van der Waals surface area contributed by atoms with Crippen LogP contribution in [0.5, 0.6) is 11.5 Å². The number of aromatic nitrogens is 2. The number of hydrogen-bond donors (Lipinski definition) is 0. The molecule has 5 rings (SSSR count). The Morgan fingerprint density at radius 2 is 1.92 bits per heavy atom. The van der Waals surface area contributed by atoms with Gasteiger partial charge in [-0.25, -0.2) is 9.97 Å². The van der Waals surface area contributed by atoms with Gasteiger partial charge in [-0.2, -0.15) is 0 Å². The Morgan fingerprint density at radius 3 is 2.88 bits per heavy atom. The molecule has 1 atom stereocenters. The molecule has 0 N–H and O–H groups in total. The van der Waals surface area contributed by atoms with E-state index in [-0.39, 0.29) is 6.79 Å². The molecule has 0 spiro atoms. The summed E-state index contributed by atoms with van der Waals surface area (Å²) in [5.74, 6) is 2.27. The number of rotatable bonds is 2. The van der Waals surface area contributed by atoms with Crippen LogP contribution in [0.25, 0.3) is 11.3 Å². The van der Waals surface area contributed by atoms with Crippen molar-refractivity contribution in [1.82, 2.24) is 9.97 Å². The molecule has 2 aliphatic rings. The highest BCUT2D eigenvalue weighted by Gasteiger charge is 2.28. The Balaban J connectivity index is 1.56. The summed E-state index contributed by atoms with van der Waals surface area (Å²) < 4.78 is 10.9. The topological polar surface area (TPSA) is 47.5 Å². The Morgan fingerprint density at radius 1 is 1.04 bits per heavy atom. The van der Waals surface area contributed by atoms with Crippen molar-refractivity contribution in [2.24, 2.45) is 0 Å². The van der Waals surface area contributed by atoms with E-state index in [0.29, 0.717) is 6.04 Å². The maximum Gasteiger partial charge on any atom is 0.231 e. The van der Waals surface area contributed by atoms with E-state index < -0.39 is 0 Å². The predicted molar refractivity (Wildman–Crippen MR) is 95.3 cm³/mol. The minimum absolute atomic E-state index is 0.274. The summed E-state index contributed by atoms with van der Waals surface area (Å²) in [7, 11) is 0. The molecule has 0 saturated heterocycles. The van der Waals surface area contributed by atoms with Gasteiger partial charge in [-0.15, -0.1) is 0 Å². The summed E-state index contributed by atoms with van der Waals surface area (Å²) in [4.78, 5) is 11.6. The largest absolute Gasteiger partial charge is 0.454 e. The van der Waals surface area contributed by atoms with E-state index in [1.165, 1.54) is 11.3 Å². The van der Waals surface area contributed by atoms with Crippen LogP contribution >= 0.6 is 0 Å². The van der Waals surface area contributed by atoms with Crippen molar-refractivity contribution in [2.75, 3.05) is 11.7 Å². The van der Waals surface area contributed by atoms with Gasteiger partial charge in [0, 0.05) is 23.5 Å². The third kappa shape index (κ3) is 2.31. The lowest BCUT2D eigenvalue weighted by molar-refractivity contribution is 0.174. The number of para-hydroxylation sites is 1. The number of ether oxygens (including phenoxy) is 2. The fourth-order valence-corrected chi connectivity index (χ4v) is 3.55. The normalized spacial score (nSPS) is 17.6. The van der Waals surface area contributed by atoms with Gasteiger partial charge in [0.2, 0.25) is 12.7 Å². The summed E-state index contributed by atoms with van der Waals surface area (Å²) in [6.07, 6.45) is 2.82. The van der Waals surface area contributed by atoms with E-state index in [4.69, 9.17) is 14.5 Å². The molecule has 3 aromatic rings. The Kier molecular flexibility index (Phi) is 3.13. The van der Waals surface area contributed by atoms with Gasteiger partial charge >= 0.3 is 0 Å². The highest BCUT2D eigenvalue weighted by molar-refractivity contribution is 5.70. The predicted octanol–water partition coefficient (Wildman–Crippen LogP) is 3.96. The number of benzene rings is 2. The molecule has 0 aliphatic carbocycles. The number of nitrogens with zero attached hydrogens (tertiary/aromatic N) is 3. The molecule has 0 saturated carbocycles. The first kappa shape index (κ1) is 14.3. The smallest absolute Gasteiger partial charge is 0.231 e. The van der Waals surface area contributed by atoms with Crippen LogP contribution < -0.4 is 14.4 Å². The average molecular weight is 331 g/mol. The van der Waals surface area contributed by atoms with Crippen molar-refractivity contribution >= 4 is 11.6 Å². The van der Waals surface area contributed by atoms with E-state index in [2.05, 4.69) is 41.1 Å². The molecule has 25 heavy (non-hydrogen) atoms. The van der Waals surface area contributed by atoms with Crippen molar-refractivity contribution in [1.29, 1.82) is 0 Å². The molecule has 1 aromatic heterocycles. The summed E-state index contributed by atoms with van der Waals surface area (Å²) in [6.45, 7) is 2.48. The van der Waals surface area contributed by atoms with Crippen LogP contribution in [0, 0.1) is 0 Å². The molecule has 3 heterocycles. The molecule has 124 valence electrons. The van der Waals surface area contributed by atoms with E-state index in [1.807, 2.05) is 30.5 Å². The molecule has 5 nitrogen and oxygen atoms in total. The van der Waals surface area contributed by atoms with Crippen LogP contribution in [-0.4, -0.2) is 22.8 Å². The number of anilines is 2. The second-order valence-corrected chi connectivity index (χ2v) is 6.36. The second-order valence-electron chi connectivity index (χ2n) is 6.36. The minimum Gasteiger partial charge on any atom is -0.454 e. The van der Waals surface area contributed by atoms with Crippen molar-refractivity contribution in [3.63, 3.8) is 0 Å². The minimum atomic E-state index is 0.274. The summed E-state index contributed by atoms with van der Waals surface area (Å²) in [5, 5.41) is 0. The molecular weight excluding hydrogens is 314 g/mol. The number of fused-ring (bicyclic) bond motifs is 2. The first-order chi connectivity index (χ1) is 12.3. The molecule has 2 aliphatic heterocycles. The lowest BCUT2D eigenvalue weighted by Crippen LogP contribution is -2.25. The van der Waals surface area contributed by atoms with Crippen LogP contribution in [0.1, 0.15) is 12.5 Å². The van der Waals surface area contributed by atoms with Crippen LogP contribution in [0.4, 0.5) is 11.6 Å². The van der Waals surface area contributed by atoms with Crippen molar-refractivity contribution in [2.45, 2.75) is 19.4 Å². The van der Waals surface area contributed by atoms with Crippen LogP contribution in [0.2, 0.25) is 0 Å². The van der Waals surface area contributed by atoms with Gasteiger partial charge in [0.05, 0.1) is 5.69 Å². The Bertz CT molecular complexity index is 957. The monoisotopic (exact) mass is 331 g/mol. The lowest BCUT2D eigenvalue weighted by Gasteiger charge is -2.22.